The van der Waals surface area contributed by atoms with Crippen molar-refractivity contribution in [2.45, 2.75) is 13.8 Å². The molecule has 0 aliphatic heterocycles. The van der Waals surface area contributed by atoms with Crippen LogP contribution >= 0.6 is 0 Å². The molecule has 0 radical (unpaired) electrons. The van der Waals surface area contributed by atoms with Crippen LogP contribution in [0.1, 0.15) is 28.4 Å². The standard InChI is InChI=1S/C26H24N2O5/c1-3-32-26(31)33-23-14-8-20(9-15-23)25(30)28-22-12-10-21(11-13-22)27-24(29)16-7-19-6-4-5-18(2)17-19/h4-17H,3H2,1-2H3,(H,27,29)(H,28,30)/b16-7+. The second kappa shape index (κ2) is 11.3. The first-order chi connectivity index (χ1) is 15.9. The first-order valence-corrected chi connectivity index (χ1v) is 10.3. The van der Waals surface area contributed by atoms with Gasteiger partial charge in [-0.2, -0.15) is 0 Å². The summed E-state index contributed by atoms with van der Waals surface area (Å²) >= 11 is 0. The van der Waals surface area contributed by atoms with Gasteiger partial charge in [-0.15, -0.1) is 0 Å². The van der Waals surface area contributed by atoms with Gasteiger partial charge in [-0.25, -0.2) is 4.79 Å². The lowest BCUT2D eigenvalue weighted by molar-refractivity contribution is -0.111. The van der Waals surface area contributed by atoms with Crippen LogP contribution in [0.5, 0.6) is 5.75 Å². The van der Waals surface area contributed by atoms with Crippen molar-refractivity contribution in [3.63, 3.8) is 0 Å². The topological polar surface area (TPSA) is 93.7 Å². The molecule has 7 heteroatoms. The fraction of sp³-hybridized carbons (Fsp3) is 0.115. The van der Waals surface area contributed by atoms with E-state index in [4.69, 9.17) is 9.47 Å². The molecule has 168 valence electrons. The average molecular weight is 444 g/mol. The fourth-order valence-electron chi connectivity index (χ4n) is 2.89. The lowest BCUT2D eigenvalue weighted by Gasteiger charge is -2.08. The lowest BCUT2D eigenvalue weighted by atomic mass is 10.1. The van der Waals surface area contributed by atoms with Crippen molar-refractivity contribution in [2.75, 3.05) is 17.2 Å². The number of rotatable bonds is 7. The van der Waals surface area contributed by atoms with Crippen LogP contribution in [0, 0.1) is 6.92 Å². The maximum Gasteiger partial charge on any atom is 0.513 e. The highest BCUT2D eigenvalue weighted by atomic mass is 16.7. The van der Waals surface area contributed by atoms with E-state index in [-0.39, 0.29) is 24.2 Å². The van der Waals surface area contributed by atoms with E-state index < -0.39 is 6.16 Å². The summed E-state index contributed by atoms with van der Waals surface area (Å²) in [6.07, 6.45) is 2.42. The predicted molar refractivity (Wildman–Crippen MR) is 127 cm³/mol. The highest BCUT2D eigenvalue weighted by Crippen LogP contribution is 2.17. The van der Waals surface area contributed by atoms with Crippen LogP contribution in [0.25, 0.3) is 6.08 Å². The third-order valence-corrected chi connectivity index (χ3v) is 4.46. The molecule has 0 aliphatic rings. The first kappa shape index (κ1) is 23.3. The molecule has 0 aliphatic carbocycles. The van der Waals surface area contributed by atoms with Crippen molar-refractivity contribution in [1.82, 2.24) is 0 Å². The maximum absolute atomic E-state index is 12.4. The molecule has 0 bridgehead atoms. The van der Waals surface area contributed by atoms with E-state index in [2.05, 4.69) is 10.6 Å². The van der Waals surface area contributed by atoms with Crippen molar-refractivity contribution in [3.05, 3.63) is 95.6 Å². The number of anilines is 2. The van der Waals surface area contributed by atoms with E-state index in [9.17, 15) is 14.4 Å². The Labute approximate surface area is 192 Å². The van der Waals surface area contributed by atoms with Crippen molar-refractivity contribution >= 4 is 35.4 Å². The molecule has 0 heterocycles. The third kappa shape index (κ3) is 7.36. The van der Waals surface area contributed by atoms with Gasteiger partial charge in [0.2, 0.25) is 5.91 Å². The van der Waals surface area contributed by atoms with E-state index in [1.54, 1.807) is 49.4 Å². The maximum atomic E-state index is 12.4. The van der Waals surface area contributed by atoms with Crippen LogP contribution in [-0.4, -0.2) is 24.6 Å². The van der Waals surface area contributed by atoms with Gasteiger partial charge in [0.05, 0.1) is 6.61 Å². The smallest absolute Gasteiger partial charge is 0.434 e. The fourth-order valence-corrected chi connectivity index (χ4v) is 2.89. The van der Waals surface area contributed by atoms with Crippen LogP contribution in [0.3, 0.4) is 0 Å². The molecule has 2 N–H and O–H groups in total. The highest BCUT2D eigenvalue weighted by Gasteiger charge is 2.09. The van der Waals surface area contributed by atoms with E-state index >= 15 is 0 Å². The molecule has 2 amide bonds. The summed E-state index contributed by atoms with van der Waals surface area (Å²) in [6, 6.07) is 20.7. The molecular formula is C26H24N2O5. The number of amides is 2. The van der Waals surface area contributed by atoms with E-state index in [0.717, 1.165) is 11.1 Å². The summed E-state index contributed by atoms with van der Waals surface area (Å²) in [7, 11) is 0. The number of nitrogens with one attached hydrogen (secondary N) is 2. The Bertz CT molecular complexity index is 1150. The number of carbonyl (C=O) groups is 3. The minimum atomic E-state index is -0.799. The highest BCUT2D eigenvalue weighted by molar-refractivity contribution is 6.05. The number of hydrogen-bond donors (Lipinski definition) is 2. The Hall–Kier alpha value is -4.39. The zero-order chi connectivity index (χ0) is 23.6. The van der Waals surface area contributed by atoms with E-state index in [0.29, 0.717) is 16.9 Å². The number of hydrogen-bond acceptors (Lipinski definition) is 5. The summed E-state index contributed by atoms with van der Waals surface area (Å²) in [5, 5.41) is 5.55. The number of carbonyl (C=O) groups excluding carboxylic acids is 3. The van der Waals surface area contributed by atoms with Gasteiger partial charge in [-0.3, -0.25) is 9.59 Å². The summed E-state index contributed by atoms with van der Waals surface area (Å²) in [5.41, 5.74) is 3.64. The second-order valence-electron chi connectivity index (χ2n) is 7.08. The molecule has 0 spiro atoms. The number of aryl methyl sites for hydroxylation is 1. The summed E-state index contributed by atoms with van der Waals surface area (Å²) in [6.45, 7) is 3.89. The monoisotopic (exact) mass is 444 g/mol. The Kier molecular flexibility index (Phi) is 7.96. The van der Waals surface area contributed by atoms with Crippen LogP contribution in [0.4, 0.5) is 16.2 Å². The Morgan fingerprint density at radius 3 is 2.18 bits per heavy atom. The van der Waals surface area contributed by atoms with Crippen LogP contribution in [-0.2, 0) is 9.53 Å². The zero-order valence-electron chi connectivity index (χ0n) is 18.3. The SMILES string of the molecule is CCOC(=O)Oc1ccc(C(=O)Nc2ccc(NC(=O)/C=C/c3cccc(C)c3)cc2)cc1. The molecule has 3 aromatic rings. The summed E-state index contributed by atoms with van der Waals surface area (Å²) in [5.74, 6) is -0.296. The summed E-state index contributed by atoms with van der Waals surface area (Å²) < 4.78 is 9.67. The lowest BCUT2D eigenvalue weighted by Crippen LogP contribution is -2.13. The minimum Gasteiger partial charge on any atom is -0.434 e. The number of benzene rings is 3. The van der Waals surface area contributed by atoms with Crippen molar-refractivity contribution in [1.29, 1.82) is 0 Å². The van der Waals surface area contributed by atoms with Gasteiger partial charge in [-0.1, -0.05) is 29.8 Å². The van der Waals surface area contributed by atoms with Gasteiger partial charge < -0.3 is 20.1 Å². The third-order valence-electron chi connectivity index (χ3n) is 4.46. The zero-order valence-corrected chi connectivity index (χ0v) is 18.3. The molecule has 3 rings (SSSR count). The molecular weight excluding hydrogens is 420 g/mol. The predicted octanol–water partition coefficient (Wildman–Crippen LogP) is 5.43. The number of ether oxygens (including phenoxy) is 2. The molecule has 0 fully saturated rings. The summed E-state index contributed by atoms with van der Waals surface area (Å²) in [4.78, 5) is 35.9. The molecule has 0 atom stereocenters. The van der Waals surface area contributed by atoms with E-state index in [1.807, 2.05) is 31.2 Å². The normalized spacial score (nSPS) is 10.5. The molecule has 0 saturated heterocycles. The van der Waals surface area contributed by atoms with Gasteiger partial charge in [0.15, 0.2) is 0 Å². The van der Waals surface area contributed by atoms with Gasteiger partial charge in [-0.05, 0) is 74.0 Å². The van der Waals surface area contributed by atoms with Gasteiger partial charge >= 0.3 is 6.16 Å². The van der Waals surface area contributed by atoms with Crippen LogP contribution in [0.15, 0.2) is 78.9 Å². The molecule has 33 heavy (non-hydrogen) atoms. The molecule has 3 aromatic carbocycles. The quantitative estimate of drug-likeness (QED) is 0.288. The Morgan fingerprint density at radius 1 is 0.879 bits per heavy atom. The van der Waals surface area contributed by atoms with Crippen molar-refractivity contribution in [2.24, 2.45) is 0 Å². The minimum absolute atomic E-state index is 0.214. The second-order valence-corrected chi connectivity index (χ2v) is 7.08. The van der Waals surface area contributed by atoms with Crippen LogP contribution < -0.4 is 15.4 Å². The first-order valence-electron chi connectivity index (χ1n) is 10.3. The van der Waals surface area contributed by atoms with E-state index in [1.165, 1.54) is 18.2 Å². The molecule has 7 nitrogen and oxygen atoms in total. The van der Waals surface area contributed by atoms with Gasteiger partial charge in [0.1, 0.15) is 5.75 Å². The average Bonchev–Trinajstić information content (AvgIpc) is 2.80. The van der Waals surface area contributed by atoms with Gasteiger partial charge in [0, 0.05) is 23.0 Å². The van der Waals surface area contributed by atoms with Crippen LogP contribution in [0.2, 0.25) is 0 Å². The van der Waals surface area contributed by atoms with Gasteiger partial charge in [0.25, 0.3) is 5.91 Å². The Morgan fingerprint density at radius 2 is 1.55 bits per heavy atom. The molecule has 0 unspecified atom stereocenters. The van der Waals surface area contributed by atoms with Crippen molar-refractivity contribution < 1.29 is 23.9 Å². The Balaban J connectivity index is 1.53. The largest absolute Gasteiger partial charge is 0.513 e. The molecule has 0 saturated carbocycles. The van der Waals surface area contributed by atoms with Crippen molar-refractivity contribution in [3.8, 4) is 5.75 Å². The molecule has 0 aromatic heterocycles.